The van der Waals surface area contributed by atoms with Crippen molar-refractivity contribution in [3.8, 4) is 0 Å². The average Bonchev–Trinajstić information content (AvgIpc) is 3.40. The fraction of sp³-hybridized carbons (Fsp3) is 0.161. The zero-order chi connectivity index (χ0) is 28.0. The number of aromatic nitrogens is 3. The Hall–Kier alpha value is -3.85. The molecule has 0 N–H and O–H groups in total. The van der Waals surface area contributed by atoms with Crippen LogP contribution in [0.25, 0.3) is 0 Å². The minimum absolute atomic E-state index is 0.00340. The first kappa shape index (κ1) is 27.7. The van der Waals surface area contributed by atoms with E-state index in [2.05, 4.69) is 34.5 Å². The van der Waals surface area contributed by atoms with Gasteiger partial charge in [0.2, 0.25) is 10.0 Å². The van der Waals surface area contributed by atoms with Crippen molar-refractivity contribution in [2.45, 2.75) is 30.3 Å². The van der Waals surface area contributed by atoms with Crippen molar-refractivity contribution in [3.63, 3.8) is 0 Å². The van der Waals surface area contributed by atoms with Gasteiger partial charge in [0, 0.05) is 17.5 Å². The highest BCUT2D eigenvalue weighted by Crippen LogP contribution is 2.30. The fourth-order valence-electron chi connectivity index (χ4n) is 4.73. The lowest BCUT2D eigenvalue weighted by molar-refractivity contribution is 0.378. The van der Waals surface area contributed by atoms with Crippen LogP contribution < -0.4 is 0 Å². The Labute approximate surface area is 238 Å². The van der Waals surface area contributed by atoms with Gasteiger partial charge in [-0.1, -0.05) is 84.4 Å². The molecule has 0 fully saturated rings. The molecule has 9 heteroatoms. The number of hydrogen-bond donors (Lipinski definition) is 0. The lowest BCUT2D eigenvalue weighted by Crippen LogP contribution is -2.33. The number of nitrogens with zero attached hydrogens (tertiary/aromatic N) is 4. The monoisotopic (exact) mass is 574 g/mol. The molecule has 0 aliphatic heterocycles. The summed E-state index contributed by atoms with van der Waals surface area (Å²) < 4.78 is 44.7. The molecular weight excluding hydrogens is 547 g/mol. The molecule has 0 spiro atoms. The van der Waals surface area contributed by atoms with E-state index < -0.39 is 15.8 Å². The molecule has 5 aromatic rings. The summed E-state index contributed by atoms with van der Waals surface area (Å²) >= 11 is 6.17. The van der Waals surface area contributed by atoms with Crippen LogP contribution in [0.5, 0.6) is 0 Å². The summed E-state index contributed by atoms with van der Waals surface area (Å²) in [5.74, 6) is -0.0423. The summed E-state index contributed by atoms with van der Waals surface area (Å²) in [6.45, 7) is 0.638. The first-order valence-corrected chi connectivity index (χ1v) is 14.7. The highest BCUT2D eigenvalue weighted by atomic mass is 35.5. The van der Waals surface area contributed by atoms with Gasteiger partial charge < -0.3 is 4.57 Å². The number of sulfonamides is 1. The maximum absolute atomic E-state index is 13.9. The van der Waals surface area contributed by atoms with Gasteiger partial charge >= 0.3 is 0 Å². The van der Waals surface area contributed by atoms with Crippen LogP contribution in [0.2, 0.25) is 5.02 Å². The van der Waals surface area contributed by atoms with Crippen molar-refractivity contribution in [1.82, 2.24) is 19.1 Å². The molecule has 4 aromatic carbocycles. The average molecular weight is 575 g/mol. The second kappa shape index (κ2) is 12.6. The zero-order valence-corrected chi connectivity index (χ0v) is 23.2. The second-order valence-electron chi connectivity index (χ2n) is 9.46. The van der Waals surface area contributed by atoms with Crippen molar-refractivity contribution >= 4 is 21.6 Å². The molecule has 204 valence electrons. The van der Waals surface area contributed by atoms with Crippen molar-refractivity contribution < 1.29 is 12.8 Å². The number of benzene rings is 4. The molecule has 1 heterocycles. The molecule has 0 atom stereocenters. The third-order valence-corrected chi connectivity index (χ3v) is 8.87. The second-order valence-corrected chi connectivity index (χ2v) is 11.8. The molecule has 0 unspecified atom stereocenters. The molecule has 5 rings (SSSR count). The Morgan fingerprint density at radius 3 is 2.12 bits per heavy atom. The van der Waals surface area contributed by atoms with Crippen LogP contribution >= 0.6 is 11.6 Å². The van der Waals surface area contributed by atoms with E-state index in [1.54, 1.807) is 12.4 Å². The van der Waals surface area contributed by atoms with Gasteiger partial charge in [0.25, 0.3) is 0 Å². The van der Waals surface area contributed by atoms with E-state index in [4.69, 9.17) is 11.6 Å². The van der Waals surface area contributed by atoms with Crippen molar-refractivity contribution in [1.29, 1.82) is 0 Å². The molecule has 0 bridgehead atoms. The number of hydrogen-bond acceptors (Lipinski definition) is 4. The van der Waals surface area contributed by atoms with Crippen LogP contribution in [-0.2, 0) is 23.1 Å². The van der Waals surface area contributed by atoms with Crippen LogP contribution in [0.1, 0.15) is 34.9 Å². The first-order valence-electron chi connectivity index (χ1n) is 12.9. The molecule has 0 aliphatic rings. The van der Waals surface area contributed by atoms with Gasteiger partial charge in [0.15, 0.2) is 0 Å². The molecule has 0 saturated carbocycles. The maximum Gasteiger partial charge on any atom is 0.243 e. The minimum Gasteiger partial charge on any atom is -0.312 e. The van der Waals surface area contributed by atoms with E-state index >= 15 is 0 Å². The summed E-state index contributed by atoms with van der Waals surface area (Å²) in [6.07, 6.45) is 2.10. The highest BCUT2D eigenvalue weighted by Gasteiger charge is 2.28. The van der Waals surface area contributed by atoms with Gasteiger partial charge in [-0.2, -0.15) is 4.31 Å². The Morgan fingerprint density at radius 1 is 0.850 bits per heavy atom. The summed E-state index contributed by atoms with van der Waals surface area (Å²) in [4.78, 5) is 0.0192. The number of rotatable bonds is 11. The largest absolute Gasteiger partial charge is 0.312 e. The minimum atomic E-state index is -3.99. The molecule has 6 nitrogen and oxygen atoms in total. The lowest BCUT2D eigenvalue weighted by atomic mass is 9.88. The van der Waals surface area contributed by atoms with Gasteiger partial charge in [0.1, 0.15) is 18.0 Å². The van der Waals surface area contributed by atoms with Gasteiger partial charge in [-0.3, -0.25) is 0 Å². The Balaban J connectivity index is 1.47. The van der Waals surface area contributed by atoms with E-state index in [0.29, 0.717) is 23.8 Å². The normalized spacial score (nSPS) is 11.8. The summed E-state index contributed by atoms with van der Waals surface area (Å²) in [5.41, 5.74) is 3.13. The molecule has 40 heavy (non-hydrogen) atoms. The van der Waals surface area contributed by atoms with Gasteiger partial charge in [-0.05, 0) is 59.5 Å². The molecule has 0 amide bonds. The lowest BCUT2D eigenvalue weighted by Gasteiger charge is -2.25. The van der Waals surface area contributed by atoms with E-state index in [1.165, 1.54) is 16.4 Å². The summed E-state index contributed by atoms with van der Waals surface area (Å²) in [5, 5.41) is 8.92. The van der Waals surface area contributed by atoms with Gasteiger partial charge in [-0.25, -0.2) is 12.8 Å². The van der Waals surface area contributed by atoms with E-state index in [0.717, 1.165) is 28.8 Å². The Morgan fingerprint density at radius 2 is 1.50 bits per heavy atom. The predicted molar refractivity (Wildman–Crippen MR) is 154 cm³/mol. The Kier molecular flexibility index (Phi) is 8.69. The molecule has 0 saturated heterocycles. The molecule has 0 aliphatic carbocycles. The third-order valence-electron chi connectivity index (χ3n) is 6.78. The summed E-state index contributed by atoms with van der Waals surface area (Å²) in [6, 6.07) is 32.4. The van der Waals surface area contributed by atoms with Crippen LogP contribution in [0.4, 0.5) is 4.39 Å². The SMILES string of the molecule is O=S(=O)(c1ccc(F)cc1)N(CCC(c1ccccc1)c1ccccc1)Cc1nncn1Cc1cccc(Cl)c1. The van der Waals surface area contributed by atoms with Crippen LogP contribution in [0, 0.1) is 5.82 Å². The summed E-state index contributed by atoms with van der Waals surface area (Å²) in [7, 11) is -3.99. The molecule has 1 aromatic heterocycles. The van der Waals surface area contributed by atoms with Crippen molar-refractivity contribution in [2.24, 2.45) is 0 Å². The van der Waals surface area contributed by atoms with Gasteiger partial charge in [0.05, 0.1) is 18.0 Å². The maximum atomic E-state index is 13.9. The topological polar surface area (TPSA) is 68.1 Å². The smallest absolute Gasteiger partial charge is 0.243 e. The quantitative estimate of drug-likeness (QED) is 0.180. The van der Waals surface area contributed by atoms with E-state index in [-0.39, 0.29) is 23.9 Å². The standard InChI is InChI=1S/C31H28ClFN4O2S/c32-27-13-7-8-24(20-27)21-36-23-34-35-31(36)22-37(40(38,39)29-16-14-28(33)15-17-29)19-18-30(25-9-3-1-4-10-25)26-11-5-2-6-12-26/h1-17,20,23,30H,18-19,21-22H2. The van der Waals surface area contributed by atoms with E-state index in [9.17, 15) is 12.8 Å². The zero-order valence-electron chi connectivity index (χ0n) is 21.6. The predicted octanol–water partition coefficient (Wildman–Crippen LogP) is 6.53. The van der Waals surface area contributed by atoms with Gasteiger partial charge in [-0.15, -0.1) is 10.2 Å². The highest BCUT2D eigenvalue weighted by molar-refractivity contribution is 7.89. The van der Waals surface area contributed by atoms with Crippen LogP contribution in [0.3, 0.4) is 0 Å². The van der Waals surface area contributed by atoms with Crippen LogP contribution in [0.15, 0.2) is 120 Å². The molecule has 0 radical (unpaired) electrons. The third kappa shape index (κ3) is 6.65. The fourth-order valence-corrected chi connectivity index (χ4v) is 6.35. The van der Waals surface area contributed by atoms with Crippen molar-refractivity contribution in [2.75, 3.05) is 6.54 Å². The van der Waals surface area contributed by atoms with E-state index in [1.807, 2.05) is 59.2 Å². The Bertz CT molecular complexity index is 1610. The van der Waals surface area contributed by atoms with Crippen molar-refractivity contribution in [3.05, 3.63) is 149 Å². The molecular formula is C31H28ClFN4O2S. The number of halogens is 2. The first-order chi connectivity index (χ1) is 19.4. The van der Waals surface area contributed by atoms with Crippen LogP contribution in [-0.4, -0.2) is 34.0 Å².